The monoisotopic (exact) mass is 406 g/mol. The van der Waals surface area contributed by atoms with Crippen LogP contribution in [0.15, 0.2) is 70.4 Å². The summed E-state index contributed by atoms with van der Waals surface area (Å²) < 4.78 is 5.40. The molecule has 2 aliphatic rings. The predicted molar refractivity (Wildman–Crippen MR) is 123 cm³/mol. The maximum absolute atomic E-state index is 12.5. The molecule has 2 atom stereocenters. The zero-order valence-electron chi connectivity index (χ0n) is 18.7. The number of carbonyl (C=O) groups is 1. The molecule has 0 aromatic heterocycles. The quantitative estimate of drug-likeness (QED) is 0.488. The van der Waals surface area contributed by atoms with Crippen molar-refractivity contribution in [2.75, 3.05) is 6.61 Å². The fraction of sp³-hybridized carbons (Fsp3) is 0.462. The van der Waals surface area contributed by atoms with Crippen molar-refractivity contribution in [3.63, 3.8) is 0 Å². The molecule has 0 saturated carbocycles. The Morgan fingerprint density at radius 2 is 1.87 bits per heavy atom. The molecule has 0 N–H and O–H groups in total. The molecule has 0 bridgehead atoms. The zero-order valence-corrected chi connectivity index (χ0v) is 18.7. The van der Waals surface area contributed by atoms with Crippen LogP contribution in [0.1, 0.15) is 58.9 Å². The van der Waals surface area contributed by atoms with Gasteiger partial charge in [0.05, 0.1) is 11.8 Å². The lowest BCUT2D eigenvalue weighted by Gasteiger charge is -2.27. The van der Waals surface area contributed by atoms with Crippen LogP contribution in [0.5, 0.6) is 0 Å². The van der Waals surface area contributed by atoms with Gasteiger partial charge in [-0.1, -0.05) is 59.7 Å². The number of ether oxygens (including phenoxy) is 1. The van der Waals surface area contributed by atoms with Gasteiger partial charge in [-0.2, -0.15) is 10.1 Å². The molecule has 1 saturated heterocycles. The molecule has 1 aliphatic heterocycles. The van der Waals surface area contributed by atoms with Crippen LogP contribution in [0.25, 0.3) is 0 Å². The van der Waals surface area contributed by atoms with Crippen molar-refractivity contribution in [2.24, 2.45) is 11.0 Å². The van der Waals surface area contributed by atoms with Gasteiger partial charge in [-0.3, -0.25) is 0 Å². The Balaban J connectivity index is 1.90. The lowest BCUT2D eigenvalue weighted by Crippen LogP contribution is -2.34. The minimum Gasteiger partial charge on any atom is -0.446 e. The topological polar surface area (TPSA) is 41.9 Å². The van der Waals surface area contributed by atoms with Crippen LogP contribution in [0.4, 0.5) is 4.79 Å². The molecule has 3 rings (SSSR count). The minimum atomic E-state index is -0.337. The van der Waals surface area contributed by atoms with Gasteiger partial charge in [0.15, 0.2) is 0 Å². The molecule has 1 fully saturated rings. The summed E-state index contributed by atoms with van der Waals surface area (Å²) in [4.78, 5) is 12.5. The Bertz CT molecular complexity index is 856. The van der Waals surface area contributed by atoms with E-state index in [2.05, 4.69) is 58.1 Å². The van der Waals surface area contributed by atoms with Crippen LogP contribution in [-0.2, 0) is 11.2 Å². The Labute approximate surface area is 181 Å². The van der Waals surface area contributed by atoms with Gasteiger partial charge in [0.25, 0.3) is 0 Å². The number of amides is 1. The molecule has 30 heavy (non-hydrogen) atoms. The highest BCUT2D eigenvalue weighted by molar-refractivity contribution is 6.03. The summed E-state index contributed by atoms with van der Waals surface area (Å²) in [6.07, 6.45) is 11.2. The summed E-state index contributed by atoms with van der Waals surface area (Å²) in [5.74, 6) is 0.330. The van der Waals surface area contributed by atoms with Crippen LogP contribution in [-0.4, -0.2) is 29.5 Å². The molecule has 4 heteroatoms. The van der Waals surface area contributed by atoms with Gasteiger partial charge in [0.2, 0.25) is 0 Å². The number of hydrogen-bond acceptors (Lipinski definition) is 3. The van der Waals surface area contributed by atoms with Gasteiger partial charge in [0.1, 0.15) is 6.61 Å². The molecule has 160 valence electrons. The standard InChI is InChI=1S/C26H34N2O2/c1-19(2)13-15-22-11-8-12-23(16-14-20(3)4)25(22)27-28-24(18-30-26(28)29)17-21-9-6-5-7-10-21/h5-7,9-11,13-14,23-24H,8,12,15-18H2,1-4H3/b27-25-/t23-,24+/m1/s1. The number of benzene rings is 1. The van der Waals surface area contributed by atoms with Gasteiger partial charge in [-0.05, 0) is 70.9 Å². The van der Waals surface area contributed by atoms with E-state index in [9.17, 15) is 4.79 Å². The highest BCUT2D eigenvalue weighted by atomic mass is 16.6. The molecule has 1 aromatic carbocycles. The summed E-state index contributed by atoms with van der Waals surface area (Å²) in [6.45, 7) is 8.89. The Morgan fingerprint density at radius 3 is 2.57 bits per heavy atom. The van der Waals surface area contributed by atoms with Crippen LogP contribution in [0.3, 0.4) is 0 Å². The molecular formula is C26H34N2O2. The molecule has 1 amide bonds. The number of hydrazone groups is 1. The van der Waals surface area contributed by atoms with Crippen molar-refractivity contribution in [1.29, 1.82) is 0 Å². The van der Waals surface area contributed by atoms with Crippen LogP contribution >= 0.6 is 0 Å². The minimum absolute atomic E-state index is 0.0665. The van der Waals surface area contributed by atoms with E-state index in [1.54, 1.807) is 5.01 Å². The first kappa shape index (κ1) is 22.1. The summed E-state index contributed by atoms with van der Waals surface area (Å²) in [5.41, 5.74) is 6.10. The third kappa shape index (κ3) is 5.94. The first-order valence-electron chi connectivity index (χ1n) is 11.0. The van der Waals surface area contributed by atoms with Crippen LogP contribution in [0.2, 0.25) is 0 Å². The van der Waals surface area contributed by atoms with E-state index in [4.69, 9.17) is 9.84 Å². The fourth-order valence-corrected chi connectivity index (χ4v) is 3.94. The molecule has 0 radical (unpaired) electrons. The summed E-state index contributed by atoms with van der Waals surface area (Å²) in [5, 5.41) is 6.56. The van der Waals surface area contributed by atoms with Gasteiger partial charge in [0, 0.05) is 5.92 Å². The highest BCUT2D eigenvalue weighted by Crippen LogP contribution is 2.30. The summed E-state index contributed by atoms with van der Waals surface area (Å²) in [7, 11) is 0. The first-order valence-corrected chi connectivity index (χ1v) is 11.0. The lowest BCUT2D eigenvalue weighted by atomic mass is 9.82. The normalized spacial score (nSPS) is 22.5. The van der Waals surface area contributed by atoms with Crippen LogP contribution in [0, 0.1) is 5.92 Å². The fourth-order valence-electron chi connectivity index (χ4n) is 3.94. The third-order valence-corrected chi connectivity index (χ3v) is 5.62. The first-order chi connectivity index (χ1) is 14.4. The summed E-state index contributed by atoms with van der Waals surface area (Å²) in [6, 6.07) is 10.2. The smallest absolute Gasteiger partial charge is 0.430 e. The van der Waals surface area contributed by atoms with E-state index in [0.29, 0.717) is 12.5 Å². The van der Waals surface area contributed by atoms with E-state index < -0.39 is 0 Å². The largest absolute Gasteiger partial charge is 0.446 e. The molecular weight excluding hydrogens is 372 g/mol. The maximum atomic E-state index is 12.5. The Kier molecular flexibility index (Phi) is 7.67. The average molecular weight is 407 g/mol. The van der Waals surface area contributed by atoms with Gasteiger partial charge in [-0.25, -0.2) is 4.79 Å². The van der Waals surface area contributed by atoms with Crippen LogP contribution < -0.4 is 0 Å². The number of cyclic esters (lactones) is 1. The average Bonchev–Trinajstić information content (AvgIpc) is 3.06. The van der Waals surface area contributed by atoms with E-state index in [1.165, 1.54) is 22.3 Å². The highest BCUT2D eigenvalue weighted by Gasteiger charge is 2.35. The molecule has 0 unspecified atom stereocenters. The number of hydrogen-bond donors (Lipinski definition) is 0. The number of nitrogens with zero attached hydrogens (tertiary/aromatic N) is 2. The second-order valence-corrected chi connectivity index (χ2v) is 8.76. The van der Waals surface area contributed by atoms with Crippen molar-refractivity contribution < 1.29 is 9.53 Å². The molecule has 4 nitrogen and oxygen atoms in total. The number of rotatable bonds is 7. The molecule has 1 aliphatic carbocycles. The van der Waals surface area contributed by atoms with Crippen molar-refractivity contribution in [1.82, 2.24) is 5.01 Å². The van der Waals surface area contributed by atoms with E-state index >= 15 is 0 Å². The Morgan fingerprint density at radius 1 is 1.13 bits per heavy atom. The number of carbonyl (C=O) groups excluding carboxylic acids is 1. The maximum Gasteiger partial charge on any atom is 0.430 e. The molecule has 0 spiro atoms. The molecule has 1 heterocycles. The third-order valence-electron chi connectivity index (χ3n) is 5.62. The molecule has 1 aromatic rings. The zero-order chi connectivity index (χ0) is 21.5. The SMILES string of the molecule is CC(C)=CCC1=CCC[C@H](CC=C(C)C)/C1=N\N1C(=O)OC[C@@H]1Cc1ccccc1. The van der Waals surface area contributed by atoms with Crippen molar-refractivity contribution in [3.05, 3.63) is 70.8 Å². The van der Waals surface area contributed by atoms with Crippen molar-refractivity contribution >= 4 is 11.8 Å². The van der Waals surface area contributed by atoms with Gasteiger partial charge >= 0.3 is 6.09 Å². The van der Waals surface area contributed by atoms with E-state index in [1.807, 2.05) is 18.2 Å². The van der Waals surface area contributed by atoms with E-state index in [-0.39, 0.29) is 12.1 Å². The van der Waals surface area contributed by atoms with Gasteiger partial charge < -0.3 is 4.74 Å². The van der Waals surface area contributed by atoms with Gasteiger partial charge in [-0.15, -0.1) is 0 Å². The lowest BCUT2D eigenvalue weighted by molar-refractivity contribution is 0.158. The van der Waals surface area contributed by atoms with E-state index in [0.717, 1.165) is 37.8 Å². The summed E-state index contributed by atoms with van der Waals surface area (Å²) >= 11 is 0. The van der Waals surface area contributed by atoms with Crippen molar-refractivity contribution in [2.45, 2.75) is 65.8 Å². The predicted octanol–water partition coefficient (Wildman–Crippen LogP) is 6.45. The Hall–Kier alpha value is -2.62. The number of allylic oxidation sites excluding steroid dienone is 6. The van der Waals surface area contributed by atoms with Crippen molar-refractivity contribution in [3.8, 4) is 0 Å². The second-order valence-electron chi connectivity index (χ2n) is 8.76. The second kappa shape index (κ2) is 10.4.